The molecule has 0 aliphatic heterocycles. The lowest BCUT2D eigenvalue weighted by Gasteiger charge is -2.15. The zero-order valence-corrected chi connectivity index (χ0v) is 15.2. The summed E-state index contributed by atoms with van der Waals surface area (Å²) in [5.74, 6) is 1.10. The van der Waals surface area contributed by atoms with Crippen LogP contribution in [0.1, 0.15) is 11.1 Å². The van der Waals surface area contributed by atoms with E-state index < -0.39 is 0 Å². The van der Waals surface area contributed by atoms with Crippen molar-refractivity contribution in [2.24, 2.45) is 0 Å². The first-order chi connectivity index (χ1) is 13.1. The second kappa shape index (κ2) is 6.92. The molecule has 0 unspecified atom stereocenters. The molecule has 4 rings (SSSR count). The van der Waals surface area contributed by atoms with E-state index in [0.717, 1.165) is 33.4 Å². The van der Waals surface area contributed by atoms with Gasteiger partial charge in [0, 0.05) is 17.3 Å². The third kappa shape index (κ3) is 3.37. The summed E-state index contributed by atoms with van der Waals surface area (Å²) in [6.45, 7) is 4.09. The number of nitrogens with zero attached hydrogens (tertiary/aromatic N) is 3. The van der Waals surface area contributed by atoms with Crippen molar-refractivity contribution in [3.05, 3.63) is 72.2 Å². The highest BCUT2D eigenvalue weighted by molar-refractivity contribution is 5.93. The number of nitrogens with two attached hydrogens (primary N) is 1. The summed E-state index contributed by atoms with van der Waals surface area (Å²) in [5.41, 5.74) is 11.7. The highest BCUT2D eigenvalue weighted by Crippen LogP contribution is 2.31. The Bertz CT molecular complexity index is 1120. The minimum Gasteiger partial charge on any atom is -0.393 e. The normalized spacial score (nSPS) is 10.7. The Morgan fingerprint density at radius 1 is 0.815 bits per heavy atom. The Balaban J connectivity index is 1.69. The molecule has 0 fully saturated rings. The van der Waals surface area contributed by atoms with Crippen LogP contribution in [0.4, 0.5) is 28.7 Å². The number of benzene rings is 2. The van der Waals surface area contributed by atoms with Gasteiger partial charge in [0.2, 0.25) is 0 Å². The quantitative estimate of drug-likeness (QED) is 0.491. The molecule has 2 aromatic carbocycles. The number of aryl methyl sites for hydroxylation is 2. The van der Waals surface area contributed by atoms with Gasteiger partial charge in [0.1, 0.15) is 12.0 Å². The van der Waals surface area contributed by atoms with Gasteiger partial charge in [-0.05, 0) is 43.2 Å². The first kappa shape index (κ1) is 16.8. The van der Waals surface area contributed by atoms with Gasteiger partial charge in [-0.25, -0.2) is 9.97 Å². The van der Waals surface area contributed by atoms with Gasteiger partial charge in [0.05, 0.1) is 11.2 Å². The molecule has 0 bridgehead atoms. The minimum absolute atomic E-state index is 0.450. The van der Waals surface area contributed by atoms with Crippen molar-refractivity contribution >= 4 is 39.6 Å². The molecule has 0 aliphatic rings. The number of nitrogen functional groups attached to an aromatic ring is 1. The summed E-state index contributed by atoms with van der Waals surface area (Å²) in [6.07, 6.45) is 3.26. The molecule has 0 saturated carbocycles. The van der Waals surface area contributed by atoms with Crippen molar-refractivity contribution in [1.29, 1.82) is 0 Å². The van der Waals surface area contributed by atoms with E-state index in [4.69, 9.17) is 5.73 Å². The van der Waals surface area contributed by atoms with E-state index in [1.165, 1.54) is 6.33 Å². The highest BCUT2D eigenvalue weighted by atomic mass is 15.1. The number of rotatable bonds is 4. The molecule has 0 spiro atoms. The van der Waals surface area contributed by atoms with Gasteiger partial charge in [0.25, 0.3) is 0 Å². The van der Waals surface area contributed by atoms with Gasteiger partial charge in [-0.3, -0.25) is 4.98 Å². The van der Waals surface area contributed by atoms with Crippen LogP contribution in [0.3, 0.4) is 0 Å². The van der Waals surface area contributed by atoms with Crippen molar-refractivity contribution in [2.75, 3.05) is 16.4 Å². The third-order valence-electron chi connectivity index (χ3n) is 4.42. The Labute approximate surface area is 157 Å². The Kier molecular flexibility index (Phi) is 4.30. The summed E-state index contributed by atoms with van der Waals surface area (Å²) in [7, 11) is 0. The van der Waals surface area contributed by atoms with Gasteiger partial charge in [-0.15, -0.1) is 0 Å². The highest BCUT2D eigenvalue weighted by Gasteiger charge is 2.11. The first-order valence-electron chi connectivity index (χ1n) is 8.67. The van der Waals surface area contributed by atoms with E-state index in [0.29, 0.717) is 17.3 Å². The molecule has 0 saturated heterocycles. The van der Waals surface area contributed by atoms with E-state index in [1.807, 2.05) is 37.3 Å². The van der Waals surface area contributed by atoms with Gasteiger partial charge < -0.3 is 16.4 Å². The van der Waals surface area contributed by atoms with Crippen LogP contribution >= 0.6 is 0 Å². The van der Waals surface area contributed by atoms with Crippen molar-refractivity contribution in [1.82, 2.24) is 15.0 Å². The van der Waals surface area contributed by atoms with Crippen LogP contribution in [0.2, 0.25) is 0 Å². The summed E-state index contributed by atoms with van der Waals surface area (Å²) in [6, 6.07) is 16.1. The molecule has 0 atom stereocenters. The van der Waals surface area contributed by atoms with E-state index >= 15 is 0 Å². The van der Waals surface area contributed by atoms with Crippen LogP contribution in [0.15, 0.2) is 61.1 Å². The number of anilines is 5. The second-order valence-corrected chi connectivity index (χ2v) is 6.43. The molecule has 2 heterocycles. The third-order valence-corrected chi connectivity index (χ3v) is 4.42. The predicted octanol–water partition coefficient (Wildman–Crippen LogP) is 4.71. The lowest BCUT2D eigenvalue weighted by atomic mass is 10.1. The first-order valence-corrected chi connectivity index (χ1v) is 8.67. The van der Waals surface area contributed by atoms with Gasteiger partial charge in [0.15, 0.2) is 11.6 Å². The van der Waals surface area contributed by atoms with Crippen molar-refractivity contribution in [2.45, 2.75) is 13.8 Å². The largest absolute Gasteiger partial charge is 0.393 e. The molecule has 0 radical (unpaired) electrons. The van der Waals surface area contributed by atoms with Crippen LogP contribution in [0.5, 0.6) is 0 Å². The maximum atomic E-state index is 6.34. The Morgan fingerprint density at radius 2 is 1.56 bits per heavy atom. The Morgan fingerprint density at radius 3 is 2.37 bits per heavy atom. The number of fused-ring (bicyclic) bond motifs is 1. The number of hydrogen-bond acceptors (Lipinski definition) is 6. The summed E-state index contributed by atoms with van der Waals surface area (Å²) >= 11 is 0. The summed E-state index contributed by atoms with van der Waals surface area (Å²) < 4.78 is 0. The predicted molar refractivity (Wildman–Crippen MR) is 111 cm³/mol. The van der Waals surface area contributed by atoms with Gasteiger partial charge >= 0.3 is 0 Å². The minimum atomic E-state index is 0.450. The van der Waals surface area contributed by atoms with Crippen LogP contribution in [0, 0.1) is 13.8 Å². The Hall–Kier alpha value is -3.67. The summed E-state index contributed by atoms with van der Waals surface area (Å²) in [4.78, 5) is 13.1. The molecule has 27 heavy (non-hydrogen) atoms. The SMILES string of the molecule is Cc1ccc(C)c(Nc2ncnc(Nc3cccc4cccnc34)c2N)c1. The lowest BCUT2D eigenvalue weighted by Crippen LogP contribution is -2.06. The van der Waals surface area contributed by atoms with Crippen molar-refractivity contribution in [3.63, 3.8) is 0 Å². The number of para-hydroxylation sites is 1. The fourth-order valence-corrected chi connectivity index (χ4v) is 2.93. The van der Waals surface area contributed by atoms with Crippen LogP contribution < -0.4 is 16.4 Å². The molecule has 4 aromatic rings. The molecule has 6 heteroatoms. The molecular formula is C21H20N6. The monoisotopic (exact) mass is 356 g/mol. The number of nitrogens with one attached hydrogen (secondary N) is 2. The van der Waals surface area contributed by atoms with Crippen molar-refractivity contribution < 1.29 is 0 Å². The van der Waals surface area contributed by atoms with Crippen molar-refractivity contribution in [3.8, 4) is 0 Å². The fraction of sp³-hybridized carbons (Fsp3) is 0.0952. The molecular weight excluding hydrogens is 336 g/mol. The van der Waals surface area contributed by atoms with E-state index in [-0.39, 0.29) is 0 Å². The number of aromatic nitrogens is 3. The molecule has 134 valence electrons. The maximum Gasteiger partial charge on any atom is 0.159 e. The average molecular weight is 356 g/mol. The molecule has 6 nitrogen and oxygen atoms in total. The smallest absolute Gasteiger partial charge is 0.159 e. The van der Waals surface area contributed by atoms with Crippen LogP contribution in [0.25, 0.3) is 10.9 Å². The van der Waals surface area contributed by atoms with Gasteiger partial charge in [-0.1, -0.05) is 30.3 Å². The fourth-order valence-electron chi connectivity index (χ4n) is 2.93. The lowest BCUT2D eigenvalue weighted by molar-refractivity contribution is 1.17. The number of hydrogen-bond donors (Lipinski definition) is 3. The molecule has 0 aliphatic carbocycles. The molecule has 2 aromatic heterocycles. The number of pyridine rings is 1. The van der Waals surface area contributed by atoms with Crippen LogP contribution in [-0.2, 0) is 0 Å². The summed E-state index contributed by atoms with van der Waals surface area (Å²) in [5, 5.41) is 7.65. The topological polar surface area (TPSA) is 88.8 Å². The van der Waals surface area contributed by atoms with Crippen LogP contribution in [-0.4, -0.2) is 15.0 Å². The standard InChI is InChI=1S/C21H20N6/c1-13-8-9-14(2)17(11-13)27-21-18(22)20(24-12-25-21)26-16-7-3-5-15-6-4-10-23-19(15)16/h3-12H,22H2,1-2H3,(H2,24,25,26,27). The zero-order valence-electron chi connectivity index (χ0n) is 15.2. The van der Waals surface area contributed by atoms with Gasteiger partial charge in [-0.2, -0.15) is 0 Å². The second-order valence-electron chi connectivity index (χ2n) is 6.43. The average Bonchev–Trinajstić information content (AvgIpc) is 2.68. The van der Waals surface area contributed by atoms with E-state index in [9.17, 15) is 0 Å². The molecule has 4 N–H and O–H groups in total. The molecule has 0 amide bonds. The zero-order chi connectivity index (χ0) is 18.8. The van der Waals surface area contributed by atoms with E-state index in [1.54, 1.807) is 6.20 Å². The maximum absolute atomic E-state index is 6.34. The van der Waals surface area contributed by atoms with E-state index in [2.05, 4.69) is 50.7 Å².